The maximum absolute atomic E-state index is 10.7. The number of rotatable bonds is 5. The van der Waals surface area contributed by atoms with Gasteiger partial charge in [0.2, 0.25) is 0 Å². The molecule has 4 heteroatoms. The van der Waals surface area contributed by atoms with Crippen molar-refractivity contribution in [2.45, 2.75) is 33.5 Å². The van der Waals surface area contributed by atoms with E-state index in [4.69, 9.17) is 21.4 Å². The first-order chi connectivity index (χ1) is 7.91. The summed E-state index contributed by atoms with van der Waals surface area (Å²) in [6, 6.07) is 4.68. The van der Waals surface area contributed by atoms with Gasteiger partial charge in [-0.1, -0.05) is 31.5 Å². The lowest BCUT2D eigenvalue weighted by Crippen LogP contribution is -2.15. The third-order valence-corrected chi connectivity index (χ3v) is 3.09. The van der Waals surface area contributed by atoms with Crippen molar-refractivity contribution in [1.82, 2.24) is 0 Å². The molecule has 0 aliphatic carbocycles. The molecule has 0 radical (unpaired) electrons. The Morgan fingerprint density at radius 1 is 1.41 bits per heavy atom. The fourth-order valence-corrected chi connectivity index (χ4v) is 1.45. The molecule has 0 fully saturated rings. The van der Waals surface area contributed by atoms with Crippen molar-refractivity contribution in [2.24, 2.45) is 5.92 Å². The zero-order chi connectivity index (χ0) is 13.0. The number of carbonyl (C=O) groups is 1. The monoisotopic (exact) mass is 256 g/mol. The molecule has 1 rings (SSSR count). The fraction of sp³-hybridized carbons (Fsp3) is 0.462. The molecule has 3 nitrogen and oxygen atoms in total. The van der Waals surface area contributed by atoms with Crippen LogP contribution in [0.15, 0.2) is 18.2 Å². The van der Waals surface area contributed by atoms with Crippen molar-refractivity contribution in [1.29, 1.82) is 0 Å². The third kappa shape index (κ3) is 4.02. The Morgan fingerprint density at radius 3 is 2.53 bits per heavy atom. The molecule has 0 heterocycles. The van der Waals surface area contributed by atoms with E-state index < -0.39 is 5.97 Å². The molecule has 0 spiro atoms. The predicted molar refractivity (Wildman–Crippen MR) is 67.5 cm³/mol. The fourth-order valence-electron chi connectivity index (χ4n) is 1.21. The molecule has 1 N–H and O–H groups in total. The molecule has 0 aliphatic heterocycles. The summed E-state index contributed by atoms with van der Waals surface area (Å²) in [6.45, 7) is 6.57. The van der Waals surface area contributed by atoms with Crippen LogP contribution in [0.1, 0.15) is 36.7 Å². The number of benzene rings is 1. The van der Waals surface area contributed by atoms with Gasteiger partial charge in [0, 0.05) is 5.02 Å². The molecule has 0 saturated carbocycles. The molecule has 0 bridgehead atoms. The highest BCUT2D eigenvalue weighted by Crippen LogP contribution is 2.20. The molecule has 0 saturated heterocycles. The van der Waals surface area contributed by atoms with Crippen LogP contribution in [-0.2, 0) is 11.3 Å². The first kappa shape index (κ1) is 14.0. The van der Waals surface area contributed by atoms with Crippen molar-refractivity contribution >= 4 is 17.6 Å². The predicted octanol–water partition coefficient (Wildman–Crippen LogP) is 3.60. The minimum absolute atomic E-state index is 0.144. The molecule has 1 atom stereocenters. The van der Waals surface area contributed by atoms with Gasteiger partial charge in [-0.2, -0.15) is 0 Å². The molecule has 94 valence electrons. The highest BCUT2D eigenvalue weighted by molar-refractivity contribution is 6.31. The summed E-state index contributed by atoms with van der Waals surface area (Å²) in [5.41, 5.74) is 1.000. The van der Waals surface area contributed by atoms with Gasteiger partial charge in [0.15, 0.2) is 0 Å². The summed E-state index contributed by atoms with van der Waals surface area (Å²) in [4.78, 5) is 10.7. The van der Waals surface area contributed by atoms with Crippen molar-refractivity contribution in [2.75, 3.05) is 0 Å². The zero-order valence-electron chi connectivity index (χ0n) is 10.2. The van der Waals surface area contributed by atoms with Gasteiger partial charge in [-0.25, -0.2) is 4.79 Å². The second-order valence-corrected chi connectivity index (χ2v) is 4.78. The lowest BCUT2D eigenvalue weighted by Gasteiger charge is -2.17. The van der Waals surface area contributed by atoms with Crippen LogP contribution < -0.4 is 0 Å². The molecule has 1 unspecified atom stereocenters. The largest absolute Gasteiger partial charge is 0.478 e. The van der Waals surface area contributed by atoms with Crippen molar-refractivity contribution in [3.63, 3.8) is 0 Å². The Bertz CT molecular complexity index is 402. The number of halogens is 1. The summed E-state index contributed by atoms with van der Waals surface area (Å²) < 4.78 is 5.64. The zero-order valence-corrected chi connectivity index (χ0v) is 11.0. The van der Waals surface area contributed by atoms with Crippen LogP contribution in [0.5, 0.6) is 0 Å². The number of hydrogen-bond acceptors (Lipinski definition) is 2. The average Bonchev–Trinajstić information content (AvgIpc) is 2.26. The molecular formula is C13H17ClO3. The van der Waals surface area contributed by atoms with E-state index in [-0.39, 0.29) is 11.7 Å². The number of carboxylic acid groups (broad SMARTS) is 1. The van der Waals surface area contributed by atoms with Gasteiger partial charge in [0.05, 0.1) is 18.3 Å². The highest BCUT2D eigenvalue weighted by atomic mass is 35.5. The molecule has 0 aromatic heterocycles. The first-order valence-electron chi connectivity index (χ1n) is 5.55. The van der Waals surface area contributed by atoms with E-state index >= 15 is 0 Å². The Hall–Kier alpha value is -1.06. The Balaban J connectivity index is 2.70. The van der Waals surface area contributed by atoms with Gasteiger partial charge in [0.25, 0.3) is 0 Å². The number of aromatic carboxylic acids is 1. The summed E-state index contributed by atoms with van der Waals surface area (Å²) in [5.74, 6) is -0.540. The van der Waals surface area contributed by atoms with Crippen LogP contribution in [0.2, 0.25) is 5.02 Å². The Kier molecular flexibility index (Phi) is 4.97. The van der Waals surface area contributed by atoms with Crippen LogP contribution in [0.25, 0.3) is 0 Å². The van der Waals surface area contributed by atoms with Crippen molar-refractivity contribution < 1.29 is 14.6 Å². The number of ether oxygens (including phenoxy) is 1. The van der Waals surface area contributed by atoms with Crippen LogP contribution in [0.4, 0.5) is 0 Å². The normalized spacial score (nSPS) is 12.8. The van der Waals surface area contributed by atoms with E-state index in [0.717, 1.165) is 5.56 Å². The number of hydrogen-bond donors (Lipinski definition) is 1. The average molecular weight is 257 g/mol. The SMILES string of the molecule is CC(C)C(C)OCc1ccc(C(=O)O)cc1Cl. The maximum Gasteiger partial charge on any atom is 0.335 e. The molecule has 1 aromatic rings. The lowest BCUT2D eigenvalue weighted by molar-refractivity contribution is 0.0235. The van der Waals surface area contributed by atoms with Gasteiger partial charge >= 0.3 is 5.97 Å². The molecular weight excluding hydrogens is 240 g/mol. The van der Waals surface area contributed by atoms with Gasteiger partial charge in [-0.05, 0) is 30.5 Å². The first-order valence-corrected chi connectivity index (χ1v) is 5.93. The van der Waals surface area contributed by atoms with Gasteiger partial charge in [-0.15, -0.1) is 0 Å². The van der Waals surface area contributed by atoms with Crippen LogP contribution >= 0.6 is 11.6 Å². The van der Waals surface area contributed by atoms with Gasteiger partial charge in [-0.3, -0.25) is 0 Å². The van der Waals surface area contributed by atoms with Crippen molar-refractivity contribution in [3.05, 3.63) is 34.3 Å². The Morgan fingerprint density at radius 2 is 2.06 bits per heavy atom. The standard InChI is InChI=1S/C13H17ClO3/c1-8(2)9(3)17-7-11-5-4-10(13(15)16)6-12(11)14/h4-6,8-9H,7H2,1-3H3,(H,15,16). The smallest absolute Gasteiger partial charge is 0.335 e. The minimum atomic E-state index is -0.977. The molecule has 0 amide bonds. The minimum Gasteiger partial charge on any atom is -0.478 e. The van der Waals surface area contributed by atoms with E-state index in [9.17, 15) is 4.79 Å². The van der Waals surface area contributed by atoms with Crippen LogP contribution in [0.3, 0.4) is 0 Å². The van der Waals surface area contributed by atoms with Gasteiger partial charge < -0.3 is 9.84 Å². The second kappa shape index (κ2) is 6.03. The molecule has 1 aromatic carbocycles. The molecule has 0 aliphatic rings. The summed E-state index contributed by atoms with van der Waals surface area (Å²) in [7, 11) is 0. The second-order valence-electron chi connectivity index (χ2n) is 4.37. The topological polar surface area (TPSA) is 46.5 Å². The van der Waals surface area contributed by atoms with E-state index in [0.29, 0.717) is 17.5 Å². The van der Waals surface area contributed by atoms with E-state index in [1.54, 1.807) is 6.07 Å². The van der Waals surface area contributed by atoms with Crippen LogP contribution in [0, 0.1) is 5.92 Å². The summed E-state index contributed by atoms with van der Waals surface area (Å²) >= 11 is 5.99. The van der Waals surface area contributed by atoms with E-state index in [1.165, 1.54) is 12.1 Å². The highest BCUT2D eigenvalue weighted by Gasteiger charge is 2.10. The van der Waals surface area contributed by atoms with Gasteiger partial charge in [0.1, 0.15) is 0 Å². The third-order valence-electron chi connectivity index (χ3n) is 2.74. The Labute approximate surface area is 106 Å². The number of carboxylic acids is 1. The molecule has 17 heavy (non-hydrogen) atoms. The van der Waals surface area contributed by atoms with E-state index in [2.05, 4.69) is 13.8 Å². The van der Waals surface area contributed by atoms with Crippen molar-refractivity contribution in [3.8, 4) is 0 Å². The summed E-state index contributed by atoms with van der Waals surface area (Å²) in [5, 5.41) is 9.23. The maximum atomic E-state index is 10.7. The van der Waals surface area contributed by atoms with Crippen LogP contribution in [-0.4, -0.2) is 17.2 Å². The van der Waals surface area contributed by atoms with E-state index in [1.807, 2.05) is 6.92 Å². The lowest BCUT2D eigenvalue weighted by atomic mass is 10.1. The summed E-state index contributed by atoms with van der Waals surface area (Å²) in [6.07, 6.45) is 0.144. The quantitative estimate of drug-likeness (QED) is 0.876.